The molecule has 0 fully saturated rings. The Morgan fingerprint density at radius 2 is 2.33 bits per heavy atom. The third-order valence-electron chi connectivity index (χ3n) is 2.91. The monoisotopic (exact) mass is 303 g/mol. The van der Waals surface area contributed by atoms with Crippen LogP contribution in [0.2, 0.25) is 5.02 Å². The van der Waals surface area contributed by atoms with Crippen LogP contribution < -0.4 is 5.73 Å². The number of aromatic amines is 1. The van der Waals surface area contributed by atoms with E-state index < -0.39 is 0 Å². The number of aromatic nitrogens is 2. The third-order valence-corrected chi connectivity index (χ3v) is 3.15. The molecule has 108 valence electrons. The molecular formula is C14H14ClN5O. The molecule has 1 aromatic carbocycles. The second kappa shape index (κ2) is 6.77. The van der Waals surface area contributed by atoms with Gasteiger partial charge in [-0.15, -0.1) is 0 Å². The molecule has 0 radical (unpaired) electrons. The fourth-order valence-electron chi connectivity index (χ4n) is 1.84. The first-order chi connectivity index (χ1) is 10.1. The quantitative estimate of drug-likeness (QED) is 0.581. The van der Waals surface area contributed by atoms with Crippen molar-refractivity contribution in [2.24, 2.45) is 4.99 Å². The smallest absolute Gasteiger partial charge is 0.163 e. The van der Waals surface area contributed by atoms with E-state index in [1.165, 1.54) is 6.07 Å². The van der Waals surface area contributed by atoms with Gasteiger partial charge in [-0.3, -0.25) is 10.1 Å². The number of nitrogens with zero attached hydrogens (tertiary/aromatic N) is 3. The van der Waals surface area contributed by atoms with Gasteiger partial charge in [0.2, 0.25) is 0 Å². The summed E-state index contributed by atoms with van der Waals surface area (Å²) in [5.41, 5.74) is 7.24. The molecular weight excluding hydrogens is 290 g/mol. The van der Waals surface area contributed by atoms with Crippen molar-refractivity contribution in [3.63, 3.8) is 0 Å². The Hall–Kier alpha value is -2.52. The lowest BCUT2D eigenvalue weighted by atomic mass is 10.1. The predicted molar refractivity (Wildman–Crippen MR) is 81.6 cm³/mol. The zero-order valence-corrected chi connectivity index (χ0v) is 11.9. The lowest BCUT2D eigenvalue weighted by Crippen LogP contribution is -1.94. The van der Waals surface area contributed by atoms with Gasteiger partial charge in [-0.05, 0) is 31.0 Å². The van der Waals surface area contributed by atoms with Crippen LogP contribution in [-0.2, 0) is 6.42 Å². The van der Waals surface area contributed by atoms with Crippen LogP contribution in [0.1, 0.15) is 23.2 Å². The predicted octanol–water partition coefficient (Wildman–Crippen LogP) is 2.27. The zero-order chi connectivity index (χ0) is 15.2. The van der Waals surface area contributed by atoms with Gasteiger partial charge < -0.3 is 10.8 Å². The molecule has 1 heterocycles. The third kappa shape index (κ3) is 3.74. The summed E-state index contributed by atoms with van der Waals surface area (Å²) in [6.07, 6.45) is 2.94. The summed E-state index contributed by atoms with van der Waals surface area (Å²) in [5, 5.41) is 25.6. The second-order valence-corrected chi connectivity index (χ2v) is 4.85. The van der Waals surface area contributed by atoms with Crippen LogP contribution in [0.3, 0.4) is 0 Å². The van der Waals surface area contributed by atoms with Crippen molar-refractivity contribution >= 4 is 23.6 Å². The lowest BCUT2D eigenvalue weighted by molar-refractivity contribution is 0.474. The first kappa shape index (κ1) is 14.9. The molecule has 0 aliphatic carbocycles. The highest BCUT2D eigenvalue weighted by molar-refractivity contribution is 6.30. The molecule has 2 rings (SSSR count). The molecule has 0 aliphatic heterocycles. The fourth-order valence-corrected chi connectivity index (χ4v) is 2.02. The summed E-state index contributed by atoms with van der Waals surface area (Å²) in [6.45, 7) is 0.551. The first-order valence-corrected chi connectivity index (χ1v) is 6.70. The van der Waals surface area contributed by atoms with Gasteiger partial charge in [-0.2, -0.15) is 10.4 Å². The van der Waals surface area contributed by atoms with E-state index in [-0.39, 0.29) is 11.6 Å². The average molecular weight is 304 g/mol. The number of phenolic OH excluding ortho intramolecular Hbond substituents is 1. The molecule has 7 heteroatoms. The van der Waals surface area contributed by atoms with Crippen molar-refractivity contribution in [1.82, 2.24) is 10.2 Å². The Labute approximate surface area is 126 Å². The Morgan fingerprint density at radius 3 is 3.10 bits per heavy atom. The molecule has 0 unspecified atom stereocenters. The van der Waals surface area contributed by atoms with Crippen LogP contribution in [0.25, 0.3) is 0 Å². The minimum atomic E-state index is 0.135. The number of nitrogen functional groups attached to an aromatic ring is 1. The van der Waals surface area contributed by atoms with Crippen molar-refractivity contribution in [2.75, 3.05) is 12.3 Å². The van der Waals surface area contributed by atoms with Gasteiger partial charge in [-0.1, -0.05) is 11.6 Å². The van der Waals surface area contributed by atoms with E-state index in [1.807, 2.05) is 6.07 Å². The molecule has 0 aliphatic rings. The summed E-state index contributed by atoms with van der Waals surface area (Å²) in [7, 11) is 0. The van der Waals surface area contributed by atoms with Gasteiger partial charge in [0.05, 0.1) is 5.69 Å². The largest absolute Gasteiger partial charge is 0.507 e. The van der Waals surface area contributed by atoms with Crippen molar-refractivity contribution in [2.45, 2.75) is 12.8 Å². The standard InChI is InChI=1S/C14H14ClN5O/c15-10-3-4-13(21)9(6-10)8-18-5-1-2-12-11(7-16)14(17)20-19-12/h3-4,6,8,21H,1-2,5H2,(H3,17,19,20). The van der Waals surface area contributed by atoms with E-state index in [0.717, 1.165) is 12.1 Å². The highest BCUT2D eigenvalue weighted by Crippen LogP contribution is 2.19. The molecule has 2 aromatic rings. The highest BCUT2D eigenvalue weighted by Gasteiger charge is 2.08. The van der Waals surface area contributed by atoms with Crippen molar-refractivity contribution in [3.05, 3.63) is 40.0 Å². The molecule has 0 saturated heterocycles. The van der Waals surface area contributed by atoms with E-state index in [1.54, 1.807) is 18.3 Å². The van der Waals surface area contributed by atoms with E-state index in [2.05, 4.69) is 15.2 Å². The molecule has 0 atom stereocenters. The summed E-state index contributed by atoms with van der Waals surface area (Å²) in [6, 6.07) is 6.80. The van der Waals surface area contributed by atoms with Gasteiger partial charge in [0.15, 0.2) is 5.82 Å². The molecule has 0 bridgehead atoms. The number of halogens is 1. The van der Waals surface area contributed by atoms with E-state index in [9.17, 15) is 5.11 Å². The zero-order valence-electron chi connectivity index (χ0n) is 11.2. The van der Waals surface area contributed by atoms with Gasteiger partial charge in [0, 0.05) is 23.3 Å². The number of anilines is 1. The Balaban J connectivity index is 1.88. The maximum Gasteiger partial charge on any atom is 0.163 e. The topological polar surface area (TPSA) is 111 Å². The van der Waals surface area contributed by atoms with Crippen LogP contribution in [0, 0.1) is 11.3 Å². The fraction of sp³-hybridized carbons (Fsp3) is 0.214. The number of benzene rings is 1. The SMILES string of the molecule is N#Cc1c(N)n[nH]c1CCCN=Cc1cc(Cl)ccc1O. The molecule has 0 saturated carbocycles. The van der Waals surface area contributed by atoms with Gasteiger partial charge >= 0.3 is 0 Å². The van der Waals surface area contributed by atoms with Gasteiger partial charge in [0.1, 0.15) is 17.4 Å². The second-order valence-electron chi connectivity index (χ2n) is 4.42. The Bertz CT molecular complexity index is 702. The minimum Gasteiger partial charge on any atom is -0.507 e. The Kier molecular flexibility index (Phi) is 4.80. The van der Waals surface area contributed by atoms with Crippen LogP contribution in [0.5, 0.6) is 5.75 Å². The number of aryl methyl sites for hydroxylation is 1. The first-order valence-electron chi connectivity index (χ1n) is 6.33. The lowest BCUT2D eigenvalue weighted by Gasteiger charge is -1.99. The number of hydrogen-bond donors (Lipinski definition) is 3. The minimum absolute atomic E-state index is 0.135. The Morgan fingerprint density at radius 1 is 1.52 bits per heavy atom. The number of nitrogens with one attached hydrogen (secondary N) is 1. The highest BCUT2D eigenvalue weighted by atomic mass is 35.5. The van der Waals surface area contributed by atoms with Crippen LogP contribution in [0.4, 0.5) is 5.82 Å². The normalized spacial score (nSPS) is 10.9. The number of aliphatic imine (C=N–C) groups is 1. The number of hydrogen-bond acceptors (Lipinski definition) is 5. The number of phenols is 1. The van der Waals surface area contributed by atoms with Crippen molar-refractivity contribution in [1.29, 1.82) is 5.26 Å². The van der Waals surface area contributed by atoms with Crippen molar-refractivity contribution in [3.8, 4) is 11.8 Å². The molecule has 21 heavy (non-hydrogen) atoms. The van der Waals surface area contributed by atoms with E-state index in [4.69, 9.17) is 22.6 Å². The summed E-state index contributed by atoms with van der Waals surface area (Å²) in [4.78, 5) is 4.23. The van der Waals surface area contributed by atoms with Gasteiger partial charge in [-0.25, -0.2) is 0 Å². The summed E-state index contributed by atoms with van der Waals surface area (Å²) >= 11 is 5.85. The number of nitriles is 1. The number of nitrogens with two attached hydrogens (primary N) is 1. The molecule has 0 amide bonds. The van der Waals surface area contributed by atoms with Crippen LogP contribution >= 0.6 is 11.6 Å². The summed E-state index contributed by atoms with van der Waals surface area (Å²) < 4.78 is 0. The average Bonchev–Trinajstić information content (AvgIpc) is 2.82. The van der Waals surface area contributed by atoms with Gasteiger partial charge in [0.25, 0.3) is 0 Å². The maximum absolute atomic E-state index is 9.63. The van der Waals surface area contributed by atoms with E-state index >= 15 is 0 Å². The van der Waals surface area contributed by atoms with Crippen LogP contribution in [-0.4, -0.2) is 28.1 Å². The van der Waals surface area contributed by atoms with Crippen LogP contribution in [0.15, 0.2) is 23.2 Å². The maximum atomic E-state index is 9.63. The number of rotatable bonds is 5. The number of aromatic hydroxyl groups is 1. The molecule has 0 spiro atoms. The molecule has 4 N–H and O–H groups in total. The summed E-state index contributed by atoms with van der Waals surface area (Å²) in [5.74, 6) is 0.358. The molecule has 1 aromatic heterocycles. The van der Waals surface area contributed by atoms with E-state index in [0.29, 0.717) is 29.1 Å². The molecule has 6 nitrogen and oxygen atoms in total. The van der Waals surface area contributed by atoms with Crippen molar-refractivity contribution < 1.29 is 5.11 Å². The number of H-pyrrole nitrogens is 1.